The van der Waals surface area contributed by atoms with Gasteiger partial charge in [-0.05, 0) is 38.5 Å². The van der Waals surface area contributed by atoms with Crippen molar-refractivity contribution in [3.8, 4) is 45.6 Å². The molecule has 9 rings (SSSR count). The number of unbranched alkanes of at least 4 members (excludes halogenated alkanes) is 12. The number of nitrogens with one attached hydrogen (secondary N) is 2. The molecule has 0 fully saturated rings. The quantitative estimate of drug-likeness (QED) is 0.0255. The van der Waals surface area contributed by atoms with Crippen LogP contribution in [0.5, 0.6) is 0 Å². The van der Waals surface area contributed by atoms with Gasteiger partial charge in [0.25, 0.3) is 0 Å². The van der Waals surface area contributed by atoms with Crippen LogP contribution in [0.15, 0.2) is 109 Å². The maximum atomic E-state index is 9.16. The molecule has 0 aliphatic carbocycles. The number of likely N-dealkylation sites (N-methyl/N-ethyl adjacent to an activating group) is 1. The van der Waals surface area contributed by atoms with Crippen LogP contribution in [0.4, 0.5) is 0 Å². The molecule has 353 valence electrons. The summed E-state index contributed by atoms with van der Waals surface area (Å²) in [4.78, 5) is 36.8. The second kappa shape index (κ2) is 24.4. The minimum Gasteiger partial charge on any atom is -0.391 e. The summed E-state index contributed by atoms with van der Waals surface area (Å²) in [5.74, 6) is 2.39. The summed E-state index contributed by atoms with van der Waals surface area (Å²) in [6, 6.07) is 32.2. The number of allylic oxidation sites excluding steroid dienone is 2. The number of H-pyrrole nitrogens is 2. The van der Waals surface area contributed by atoms with Gasteiger partial charge < -0.3 is 24.7 Å². The Bertz CT molecular complexity index is 2580. The predicted octanol–water partition coefficient (Wildman–Crippen LogP) is 12.3. The molecule has 67 heavy (non-hydrogen) atoms. The van der Waals surface area contributed by atoms with Crippen LogP contribution in [-0.4, -0.2) is 94.5 Å². The van der Waals surface area contributed by atoms with Gasteiger partial charge in [0, 0.05) is 60.9 Å². The fourth-order valence-electron chi connectivity index (χ4n) is 9.15. The molecule has 5 heterocycles. The van der Waals surface area contributed by atoms with Crippen molar-refractivity contribution in [3.05, 3.63) is 109 Å². The van der Waals surface area contributed by atoms with E-state index in [1.165, 1.54) is 89.9 Å². The second-order valence-electron chi connectivity index (χ2n) is 18.0. The zero-order valence-corrected chi connectivity index (χ0v) is 40.1. The predicted molar refractivity (Wildman–Crippen MR) is 270 cm³/mol. The van der Waals surface area contributed by atoms with Crippen molar-refractivity contribution >= 4 is 44.1 Å². The molecule has 0 unspecified atom stereocenters. The zero-order valence-electron chi connectivity index (χ0n) is 39.2. The Balaban J connectivity index is 0.000000218. The van der Waals surface area contributed by atoms with E-state index < -0.39 is 0 Å². The molecule has 2 aliphatic rings. The van der Waals surface area contributed by atoms with Crippen molar-refractivity contribution in [1.29, 1.82) is 0 Å². The third-order valence-electron chi connectivity index (χ3n) is 12.9. The fraction of sp³-hybridized carbons (Fsp3) is 0.382. The first-order valence-electron chi connectivity index (χ1n) is 24.4. The average molecular weight is 949 g/mol. The molecule has 11 nitrogen and oxygen atoms in total. The molecule has 7 aromatic rings. The number of quaternary nitrogens is 1. The molecule has 12 heteroatoms. The molecule has 0 spiro atoms. The summed E-state index contributed by atoms with van der Waals surface area (Å²) in [5, 5.41) is 22.1. The number of fused-ring (bicyclic) bond motifs is 20. The Morgan fingerprint density at radius 2 is 0.731 bits per heavy atom. The summed E-state index contributed by atoms with van der Waals surface area (Å²) in [7, 11) is 2.14. The average Bonchev–Trinajstić information content (AvgIpc) is 4.08. The maximum absolute atomic E-state index is 9.16. The standard InChI is InChI=1S/C32H18N8.C23H48NO2.Cu/c1-2-10-18-17(9-1)25-33-26(18)38-28-21-13-5-6-14-22(21)30(35-28)40-32-24-16-8-7-15-23(24)31(36-32)39-29-20-12-4-3-11-19(20)27(34-29)37-25;1-3-4-5-6-7-8-9-10-11-12-13-14-15-16-17-18-19-24(2,20-22-25)21-23-26;/h1-16H,(H2,33,34,35,36,37,38,39,40);10-11,25-26H,3-9,12-23H2,1-2H3;/q;+1;/b;11-10-;. The maximum Gasteiger partial charge on any atom is 0.164 e. The van der Waals surface area contributed by atoms with Gasteiger partial charge in [-0.1, -0.05) is 168 Å². The fourth-order valence-corrected chi connectivity index (χ4v) is 9.15. The van der Waals surface area contributed by atoms with Gasteiger partial charge in [0.05, 0.1) is 26.8 Å². The Labute approximate surface area is 405 Å². The summed E-state index contributed by atoms with van der Waals surface area (Å²) in [5.41, 5.74) is 6.45. The molecular formula is C55H66CuN9O2+. The first kappa shape index (κ1) is 49.3. The van der Waals surface area contributed by atoms with Gasteiger partial charge in [-0.25, -0.2) is 29.9 Å². The van der Waals surface area contributed by atoms with Gasteiger partial charge >= 0.3 is 0 Å². The van der Waals surface area contributed by atoms with Crippen molar-refractivity contribution in [2.75, 3.05) is 39.9 Å². The Kier molecular flexibility index (Phi) is 18.0. The topological polar surface area (TPSA) is 149 Å². The van der Waals surface area contributed by atoms with Gasteiger partial charge in [0.1, 0.15) is 35.7 Å². The molecule has 0 saturated carbocycles. The number of aliphatic hydroxyl groups excluding tert-OH is 2. The van der Waals surface area contributed by atoms with E-state index in [4.69, 9.17) is 40.1 Å². The van der Waals surface area contributed by atoms with E-state index in [0.717, 1.165) is 67.9 Å². The molecular weight excluding hydrogens is 882 g/mol. The number of aromatic nitrogens is 8. The van der Waals surface area contributed by atoms with Crippen LogP contribution in [0.25, 0.3) is 89.7 Å². The van der Waals surface area contributed by atoms with Gasteiger partial charge in [-0.2, -0.15) is 0 Å². The van der Waals surface area contributed by atoms with Gasteiger partial charge in [0.2, 0.25) is 0 Å². The molecule has 1 radical (unpaired) electrons. The van der Waals surface area contributed by atoms with E-state index in [1.54, 1.807) is 0 Å². The largest absolute Gasteiger partial charge is 0.391 e. The Hall–Kier alpha value is -5.62. The summed E-state index contributed by atoms with van der Waals surface area (Å²) in [6.45, 7) is 5.28. The number of aliphatic hydroxyl groups is 2. The van der Waals surface area contributed by atoms with E-state index in [0.29, 0.717) is 45.9 Å². The smallest absolute Gasteiger partial charge is 0.164 e. The third kappa shape index (κ3) is 12.3. The number of nitrogens with zero attached hydrogens (tertiary/aromatic N) is 7. The Morgan fingerprint density at radius 3 is 1.07 bits per heavy atom. The van der Waals surface area contributed by atoms with Gasteiger partial charge in [0.15, 0.2) is 23.3 Å². The number of benzene rings is 4. The molecule has 4 N–H and O–H groups in total. The zero-order chi connectivity index (χ0) is 45.6. The molecule has 4 aromatic carbocycles. The minimum atomic E-state index is 0. The SMILES string of the molecule is CCCCCCCC/C=C\CCCCCCCC[N+](C)(CCO)CCO.[Cu].c1ccc2c(c1)-c1nc-2nc2[nH]c(nc3nc(nc4[nH]c(n1)c1ccccc41)-c1ccccc1-3)c1ccccc21. The van der Waals surface area contributed by atoms with E-state index in [1.807, 2.05) is 97.1 Å². The minimum absolute atomic E-state index is 0. The monoisotopic (exact) mass is 947 g/mol. The van der Waals surface area contributed by atoms with Crippen molar-refractivity contribution in [3.63, 3.8) is 0 Å². The first-order chi connectivity index (χ1) is 32.5. The van der Waals surface area contributed by atoms with Crippen LogP contribution in [0.3, 0.4) is 0 Å². The summed E-state index contributed by atoms with van der Waals surface area (Å²) >= 11 is 0. The van der Waals surface area contributed by atoms with Crippen LogP contribution in [0.2, 0.25) is 0 Å². The second-order valence-corrected chi connectivity index (χ2v) is 18.0. The normalized spacial score (nSPS) is 11.9. The van der Waals surface area contributed by atoms with Crippen molar-refractivity contribution in [2.45, 2.75) is 96.8 Å². The Morgan fingerprint density at radius 1 is 0.418 bits per heavy atom. The summed E-state index contributed by atoms with van der Waals surface area (Å²) < 4.78 is 0.802. The van der Waals surface area contributed by atoms with Crippen molar-refractivity contribution < 1.29 is 31.8 Å². The van der Waals surface area contributed by atoms with E-state index in [-0.39, 0.29) is 30.3 Å². The van der Waals surface area contributed by atoms with Gasteiger partial charge in [-0.15, -0.1) is 0 Å². The van der Waals surface area contributed by atoms with E-state index in [2.05, 4.69) is 36.1 Å². The van der Waals surface area contributed by atoms with E-state index in [9.17, 15) is 0 Å². The third-order valence-corrected chi connectivity index (χ3v) is 12.9. The van der Waals surface area contributed by atoms with Gasteiger partial charge in [-0.3, -0.25) is 0 Å². The van der Waals surface area contributed by atoms with Crippen molar-refractivity contribution in [1.82, 2.24) is 39.9 Å². The number of hydrogen-bond donors (Lipinski definition) is 4. The van der Waals surface area contributed by atoms with Crippen LogP contribution < -0.4 is 0 Å². The van der Waals surface area contributed by atoms with Crippen molar-refractivity contribution in [2.24, 2.45) is 0 Å². The molecule has 3 aromatic heterocycles. The number of hydrogen-bond acceptors (Lipinski definition) is 8. The number of aromatic amines is 2. The molecule has 0 saturated heterocycles. The van der Waals surface area contributed by atoms with E-state index >= 15 is 0 Å². The summed E-state index contributed by atoms with van der Waals surface area (Å²) in [6.07, 6.45) is 23.5. The molecule has 2 aliphatic heterocycles. The number of rotatable bonds is 20. The molecule has 0 amide bonds. The van der Waals surface area contributed by atoms with Crippen LogP contribution >= 0.6 is 0 Å². The molecule has 0 atom stereocenters. The van der Waals surface area contributed by atoms with Crippen LogP contribution in [0, 0.1) is 0 Å². The molecule has 8 bridgehead atoms. The first-order valence-corrected chi connectivity index (χ1v) is 24.4. The van der Waals surface area contributed by atoms with Crippen LogP contribution in [-0.2, 0) is 17.1 Å². The van der Waals surface area contributed by atoms with Crippen LogP contribution in [0.1, 0.15) is 96.8 Å².